The maximum Gasteiger partial charge on any atom is 0.396 e. The van der Waals surface area contributed by atoms with Crippen molar-refractivity contribution < 1.29 is 18.0 Å². The van der Waals surface area contributed by atoms with Crippen LogP contribution in [-0.2, 0) is 20.2 Å². The number of nitrogens with two attached hydrogens (primary N) is 1. The monoisotopic (exact) mass is 425 g/mol. The molecule has 0 atom stereocenters. The molecule has 0 aliphatic rings. The number of benzene rings is 1. The number of anilines is 1. The van der Waals surface area contributed by atoms with E-state index >= 15 is 0 Å². The fourth-order valence-corrected chi connectivity index (χ4v) is 4.65. The molecule has 9 heteroatoms. The summed E-state index contributed by atoms with van der Waals surface area (Å²) in [6.45, 7) is 8.93. The van der Waals surface area contributed by atoms with Crippen LogP contribution in [0.5, 0.6) is 0 Å². The van der Waals surface area contributed by atoms with Gasteiger partial charge in [0.15, 0.2) is 11.6 Å². The Morgan fingerprint density at radius 2 is 1.89 bits per heavy atom. The standard InChI is InChI=1S/C19H25ClN3O4P/c1-5-25-28(24,26-6-2)16-10-9-15(27-16)19-22-18-14(23(19)11-12(3)4)8-7-13(20)17(18)21/h7-10,12H,5-6,11,21H2,1-4H3. The minimum Gasteiger partial charge on any atom is -0.445 e. The fourth-order valence-electron chi connectivity index (χ4n) is 3.03. The Morgan fingerprint density at radius 3 is 2.50 bits per heavy atom. The first-order chi connectivity index (χ1) is 13.3. The minimum atomic E-state index is -3.52. The molecule has 0 bridgehead atoms. The predicted molar refractivity (Wildman–Crippen MR) is 112 cm³/mol. The topological polar surface area (TPSA) is 92.5 Å². The molecule has 7 nitrogen and oxygen atoms in total. The number of nitrogens with zero attached hydrogens (tertiary/aromatic N) is 2. The Labute approximate surface area is 169 Å². The zero-order valence-electron chi connectivity index (χ0n) is 16.4. The molecule has 0 amide bonds. The molecule has 0 aliphatic carbocycles. The summed E-state index contributed by atoms with van der Waals surface area (Å²) in [6.07, 6.45) is 0. The largest absolute Gasteiger partial charge is 0.445 e. The summed E-state index contributed by atoms with van der Waals surface area (Å²) in [5.41, 5.74) is 8.19. The molecular weight excluding hydrogens is 401 g/mol. The van der Waals surface area contributed by atoms with Crippen LogP contribution >= 0.6 is 19.2 Å². The second-order valence-electron chi connectivity index (χ2n) is 6.74. The van der Waals surface area contributed by atoms with E-state index in [0.717, 1.165) is 5.52 Å². The smallest absolute Gasteiger partial charge is 0.396 e. The number of fused-ring (bicyclic) bond motifs is 1. The zero-order valence-corrected chi connectivity index (χ0v) is 18.1. The van der Waals surface area contributed by atoms with Gasteiger partial charge in [-0.25, -0.2) is 4.98 Å². The normalized spacial score (nSPS) is 12.4. The van der Waals surface area contributed by atoms with E-state index in [4.69, 9.17) is 30.8 Å². The quantitative estimate of drug-likeness (QED) is 0.399. The molecule has 0 spiro atoms. The van der Waals surface area contributed by atoms with Gasteiger partial charge in [-0.3, -0.25) is 4.57 Å². The first-order valence-electron chi connectivity index (χ1n) is 9.24. The summed E-state index contributed by atoms with van der Waals surface area (Å²) in [6, 6.07) is 6.97. The molecule has 0 radical (unpaired) electrons. The van der Waals surface area contributed by atoms with Gasteiger partial charge in [0.25, 0.3) is 0 Å². The number of rotatable bonds is 8. The molecule has 0 unspecified atom stereocenters. The van der Waals surface area contributed by atoms with Gasteiger partial charge in [-0.1, -0.05) is 25.4 Å². The predicted octanol–water partition coefficient (Wildman–Crippen LogP) is 5.08. The molecular formula is C19H25ClN3O4P. The van der Waals surface area contributed by atoms with Crippen LogP contribution in [0.15, 0.2) is 28.7 Å². The average Bonchev–Trinajstić information content (AvgIpc) is 3.24. The summed E-state index contributed by atoms with van der Waals surface area (Å²) in [5.74, 6) is 1.41. The van der Waals surface area contributed by atoms with Crippen molar-refractivity contribution in [1.29, 1.82) is 0 Å². The van der Waals surface area contributed by atoms with E-state index in [-0.39, 0.29) is 18.7 Å². The van der Waals surface area contributed by atoms with Crippen molar-refractivity contribution in [3.05, 3.63) is 29.3 Å². The van der Waals surface area contributed by atoms with Gasteiger partial charge >= 0.3 is 7.60 Å². The lowest BCUT2D eigenvalue weighted by Crippen LogP contribution is -2.09. The number of hydrogen-bond donors (Lipinski definition) is 1. The molecule has 2 aromatic heterocycles. The van der Waals surface area contributed by atoms with Gasteiger partial charge in [0.05, 0.1) is 29.4 Å². The Morgan fingerprint density at radius 1 is 1.21 bits per heavy atom. The SMILES string of the molecule is CCOP(=O)(OCC)c1ccc(-c2nc3c(N)c(Cl)ccc3n2CC(C)C)o1. The summed E-state index contributed by atoms with van der Waals surface area (Å²) in [7, 11) is -3.52. The van der Waals surface area contributed by atoms with Crippen molar-refractivity contribution in [2.45, 2.75) is 34.2 Å². The van der Waals surface area contributed by atoms with Crippen molar-refractivity contribution in [1.82, 2.24) is 9.55 Å². The molecule has 3 rings (SSSR count). The van der Waals surface area contributed by atoms with Gasteiger partial charge in [0, 0.05) is 6.54 Å². The van der Waals surface area contributed by atoms with Crippen LogP contribution in [0.4, 0.5) is 5.69 Å². The Balaban J connectivity index is 2.15. The van der Waals surface area contributed by atoms with Crippen LogP contribution in [0.3, 0.4) is 0 Å². The summed E-state index contributed by atoms with van der Waals surface area (Å²) in [5, 5.41) is 0.450. The van der Waals surface area contributed by atoms with E-state index in [0.29, 0.717) is 40.3 Å². The van der Waals surface area contributed by atoms with Gasteiger partial charge in [-0.05, 0) is 44.0 Å². The number of hydrogen-bond acceptors (Lipinski definition) is 6. The highest BCUT2D eigenvalue weighted by Gasteiger charge is 2.32. The van der Waals surface area contributed by atoms with Crippen LogP contribution in [0.2, 0.25) is 5.02 Å². The van der Waals surface area contributed by atoms with Gasteiger partial charge < -0.3 is 23.8 Å². The van der Waals surface area contributed by atoms with E-state index in [9.17, 15) is 4.57 Å². The van der Waals surface area contributed by atoms with Crippen molar-refractivity contribution >= 4 is 41.4 Å². The van der Waals surface area contributed by atoms with Crippen LogP contribution in [0.25, 0.3) is 22.6 Å². The third-order valence-electron chi connectivity index (χ3n) is 4.13. The molecule has 2 heterocycles. The number of halogens is 1. The second-order valence-corrected chi connectivity index (χ2v) is 9.10. The van der Waals surface area contributed by atoms with Crippen LogP contribution in [0.1, 0.15) is 27.7 Å². The molecule has 0 saturated heterocycles. The highest BCUT2D eigenvalue weighted by atomic mass is 35.5. The maximum absolute atomic E-state index is 13.0. The molecule has 0 aliphatic heterocycles. The summed E-state index contributed by atoms with van der Waals surface area (Å²) >= 11 is 6.17. The third-order valence-corrected chi connectivity index (χ3v) is 6.44. The maximum atomic E-state index is 13.0. The Hall–Kier alpha value is -1.79. The van der Waals surface area contributed by atoms with Crippen molar-refractivity contribution in [3.63, 3.8) is 0 Å². The van der Waals surface area contributed by atoms with Gasteiger partial charge in [-0.2, -0.15) is 0 Å². The fraction of sp³-hybridized carbons (Fsp3) is 0.421. The molecule has 1 aromatic carbocycles. The summed E-state index contributed by atoms with van der Waals surface area (Å²) < 4.78 is 31.6. The van der Waals surface area contributed by atoms with Crippen molar-refractivity contribution in [2.75, 3.05) is 18.9 Å². The van der Waals surface area contributed by atoms with Crippen molar-refractivity contribution in [2.24, 2.45) is 5.92 Å². The third kappa shape index (κ3) is 3.85. The van der Waals surface area contributed by atoms with Crippen LogP contribution in [0, 0.1) is 5.92 Å². The molecule has 0 fully saturated rings. The van der Waals surface area contributed by atoms with Gasteiger partial charge in [0.2, 0.25) is 5.50 Å². The number of imidazole rings is 1. The van der Waals surface area contributed by atoms with E-state index in [1.165, 1.54) is 0 Å². The average molecular weight is 426 g/mol. The lowest BCUT2D eigenvalue weighted by atomic mass is 10.2. The first kappa shape index (κ1) is 20.9. The van der Waals surface area contributed by atoms with Crippen LogP contribution < -0.4 is 11.2 Å². The number of aromatic nitrogens is 2. The number of nitrogen functional groups attached to an aromatic ring is 1. The lowest BCUT2D eigenvalue weighted by Gasteiger charge is -2.14. The van der Waals surface area contributed by atoms with E-state index in [2.05, 4.69) is 18.8 Å². The molecule has 3 aromatic rings. The Bertz CT molecular complexity index is 1020. The summed E-state index contributed by atoms with van der Waals surface area (Å²) in [4.78, 5) is 4.67. The molecule has 2 N–H and O–H groups in total. The molecule has 0 saturated carbocycles. The second kappa shape index (κ2) is 8.29. The van der Waals surface area contributed by atoms with E-state index < -0.39 is 7.60 Å². The minimum absolute atomic E-state index is 0.153. The number of furan rings is 1. The highest BCUT2D eigenvalue weighted by Crippen LogP contribution is 2.47. The Kier molecular flexibility index (Phi) is 6.20. The van der Waals surface area contributed by atoms with E-state index in [1.807, 2.05) is 10.6 Å². The van der Waals surface area contributed by atoms with Crippen molar-refractivity contribution in [3.8, 4) is 11.6 Å². The molecule has 152 valence electrons. The molecule has 28 heavy (non-hydrogen) atoms. The zero-order chi connectivity index (χ0) is 20.5. The van der Waals surface area contributed by atoms with Crippen LogP contribution in [-0.4, -0.2) is 22.8 Å². The first-order valence-corrected chi connectivity index (χ1v) is 11.2. The van der Waals surface area contributed by atoms with Gasteiger partial charge in [-0.15, -0.1) is 0 Å². The van der Waals surface area contributed by atoms with E-state index in [1.54, 1.807) is 32.0 Å². The highest BCUT2D eigenvalue weighted by molar-refractivity contribution is 7.61. The van der Waals surface area contributed by atoms with Gasteiger partial charge in [0.1, 0.15) is 5.52 Å². The lowest BCUT2D eigenvalue weighted by molar-refractivity contribution is 0.225.